The second kappa shape index (κ2) is 4.10. The minimum absolute atomic E-state index is 0.324. The molecule has 4 nitrogen and oxygen atoms in total. The molecule has 2 rings (SSSR count). The Hall–Kier alpha value is -1.23. The van der Waals surface area contributed by atoms with Crippen LogP contribution in [0.2, 0.25) is 0 Å². The maximum absolute atomic E-state index is 11.5. The zero-order valence-electron chi connectivity index (χ0n) is 8.07. The lowest BCUT2D eigenvalue weighted by atomic mass is 10.2. The van der Waals surface area contributed by atoms with Gasteiger partial charge in [0.25, 0.3) is 0 Å². The molecule has 15 heavy (non-hydrogen) atoms. The quantitative estimate of drug-likeness (QED) is 0.798. The van der Waals surface area contributed by atoms with E-state index in [2.05, 4.69) is 15.9 Å². The summed E-state index contributed by atoms with van der Waals surface area (Å²) >= 11 is 3.32. The minimum Gasteiger partial charge on any atom is -0.449 e. The van der Waals surface area contributed by atoms with Crippen molar-refractivity contribution < 1.29 is 9.53 Å². The summed E-state index contributed by atoms with van der Waals surface area (Å²) in [5.41, 5.74) is 7.12. The van der Waals surface area contributed by atoms with Crippen LogP contribution in [0.1, 0.15) is 6.42 Å². The third-order valence-corrected chi connectivity index (χ3v) is 2.75. The van der Waals surface area contributed by atoms with E-state index < -0.39 is 0 Å². The van der Waals surface area contributed by atoms with Crippen molar-refractivity contribution in [2.75, 3.05) is 23.8 Å². The van der Waals surface area contributed by atoms with Crippen molar-refractivity contribution in [2.45, 2.75) is 6.42 Å². The second-order valence-corrected chi connectivity index (χ2v) is 4.24. The van der Waals surface area contributed by atoms with Crippen LogP contribution in [0.3, 0.4) is 0 Å². The number of benzene rings is 1. The molecular weight excluding hydrogens is 260 g/mol. The summed E-state index contributed by atoms with van der Waals surface area (Å²) in [5.74, 6) is 0. The predicted octanol–water partition coefficient (Wildman–Crippen LogP) is 2.38. The lowest BCUT2D eigenvalue weighted by Gasteiger charge is -2.27. The number of amides is 1. The second-order valence-electron chi connectivity index (χ2n) is 3.32. The van der Waals surface area contributed by atoms with E-state index in [9.17, 15) is 4.79 Å². The molecule has 0 atom stereocenters. The summed E-state index contributed by atoms with van der Waals surface area (Å²) in [5, 5.41) is 0. The third kappa shape index (κ3) is 2.07. The molecule has 0 aliphatic carbocycles. The standard InChI is InChI=1S/C10H11BrN2O2/c11-7-2-3-9(8(12)6-7)13-4-1-5-15-10(13)14/h2-3,6H,1,4-5,12H2. The maximum Gasteiger partial charge on any atom is 0.414 e. The number of carbonyl (C=O) groups excluding carboxylic acids is 1. The fraction of sp³-hybridized carbons (Fsp3) is 0.300. The highest BCUT2D eigenvalue weighted by molar-refractivity contribution is 9.10. The van der Waals surface area contributed by atoms with Crippen LogP contribution in [0.5, 0.6) is 0 Å². The number of anilines is 2. The van der Waals surface area contributed by atoms with Gasteiger partial charge < -0.3 is 10.5 Å². The maximum atomic E-state index is 11.5. The van der Waals surface area contributed by atoms with Gasteiger partial charge in [0.2, 0.25) is 0 Å². The Kier molecular flexibility index (Phi) is 2.81. The average Bonchev–Trinajstić information content (AvgIpc) is 2.20. The molecule has 0 aromatic heterocycles. The molecule has 2 N–H and O–H groups in total. The van der Waals surface area contributed by atoms with E-state index in [4.69, 9.17) is 10.5 Å². The first kappa shape index (κ1) is 10.3. The first-order valence-electron chi connectivity index (χ1n) is 4.68. The molecular formula is C10H11BrN2O2. The molecule has 0 saturated carbocycles. The Morgan fingerprint density at radius 2 is 2.27 bits per heavy atom. The van der Waals surface area contributed by atoms with Gasteiger partial charge in [-0.1, -0.05) is 15.9 Å². The largest absolute Gasteiger partial charge is 0.449 e. The fourth-order valence-corrected chi connectivity index (χ4v) is 1.92. The molecule has 1 heterocycles. The third-order valence-electron chi connectivity index (χ3n) is 2.25. The first-order chi connectivity index (χ1) is 7.18. The number of carbonyl (C=O) groups is 1. The molecule has 5 heteroatoms. The number of hydrogen-bond acceptors (Lipinski definition) is 3. The van der Waals surface area contributed by atoms with Crippen LogP contribution in [0.4, 0.5) is 16.2 Å². The molecule has 1 amide bonds. The van der Waals surface area contributed by atoms with Gasteiger partial charge in [0.1, 0.15) is 0 Å². The molecule has 1 fully saturated rings. The molecule has 0 bridgehead atoms. The Morgan fingerprint density at radius 3 is 2.93 bits per heavy atom. The number of nitrogen functional groups attached to an aromatic ring is 1. The van der Waals surface area contributed by atoms with Crippen molar-refractivity contribution in [2.24, 2.45) is 0 Å². The molecule has 1 saturated heterocycles. The lowest BCUT2D eigenvalue weighted by molar-refractivity contribution is 0.140. The zero-order chi connectivity index (χ0) is 10.8. The summed E-state index contributed by atoms with van der Waals surface area (Å²) in [6, 6.07) is 5.44. The van der Waals surface area contributed by atoms with Gasteiger partial charge in [-0.15, -0.1) is 0 Å². The highest BCUT2D eigenvalue weighted by Crippen LogP contribution is 2.28. The minimum atomic E-state index is -0.324. The van der Waals surface area contributed by atoms with Gasteiger partial charge in [-0.3, -0.25) is 4.90 Å². The van der Waals surface area contributed by atoms with Crippen LogP contribution < -0.4 is 10.6 Å². The summed E-state index contributed by atoms with van der Waals surface area (Å²) < 4.78 is 5.85. The van der Waals surface area contributed by atoms with Crippen LogP contribution in [-0.4, -0.2) is 19.2 Å². The molecule has 0 radical (unpaired) electrons. The Bertz CT molecular complexity index is 395. The highest BCUT2D eigenvalue weighted by atomic mass is 79.9. The number of nitrogens with two attached hydrogens (primary N) is 1. The van der Waals surface area contributed by atoms with Gasteiger partial charge >= 0.3 is 6.09 Å². The molecule has 80 valence electrons. The number of cyclic esters (lactones) is 1. The van der Waals surface area contributed by atoms with E-state index in [-0.39, 0.29) is 6.09 Å². The molecule has 0 unspecified atom stereocenters. The number of nitrogens with zero attached hydrogens (tertiary/aromatic N) is 1. The monoisotopic (exact) mass is 270 g/mol. The molecule has 1 aliphatic rings. The highest BCUT2D eigenvalue weighted by Gasteiger charge is 2.22. The topological polar surface area (TPSA) is 55.6 Å². The van der Waals surface area contributed by atoms with Crippen molar-refractivity contribution >= 4 is 33.4 Å². The van der Waals surface area contributed by atoms with Gasteiger partial charge in [0.15, 0.2) is 0 Å². The predicted molar refractivity (Wildman–Crippen MR) is 61.9 cm³/mol. The molecule has 0 spiro atoms. The van der Waals surface area contributed by atoms with Gasteiger partial charge in [0, 0.05) is 11.0 Å². The Labute approximate surface area is 96.1 Å². The SMILES string of the molecule is Nc1cc(Br)ccc1N1CCCOC1=O. The Morgan fingerprint density at radius 1 is 1.47 bits per heavy atom. The van der Waals surface area contributed by atoms with Crippen LogP contribution in [0.25, 0.3) is 0 Å². The van der Waals surface area contributed by atoms with Gasteiger partial charge in [-0.25, -0.2) is 4.79 Å². The average molecular weight is 271 g/mol. The molecule has 1 aromatic rings. The summed E-state index contributed by atoms with van der Waals surface area (Å²) in [4.78, 5) is 13.0. The summed E-state index contributed by atoms with van der Waals surface area (Å²) in [7, 11) is 0. The summed E-state index contributed by atoms with van der Waals surface area (Å²) in [6.45, 7) is 1.15. The van der Waals surface area contributed by atoms with E-state index in [1.54, 1.807) is 11.0 Å². The zero-order valence-corrected chi connectivity index (χ0v) is 9.66. The normalized spacial score (nSPS) is 16.3. The van der Waals surface area contributed by atoms with E-state index in [1.807, 2.05) is 12.1 Å². The number of ether oxygens (including phenoxy) is 1. The Balaban J connectivity index is 2.31. The number of halogens is 1. The van der Waals surface area contributed by atoms with Crippen molar-refractivity contribution in [3.63, 3.8) is 0 Å². The van der Waals surface area contributed by atoms with Crippen LogP contribution in [0.15, 0.2) is 22.7 Å². The number of hydrogen-bond donors (Lipinski definition) is 1. The fourth-order valence-electron chi connectivity index (χ4n) is 1.54. The van der Waals surface area contributed by atoms with E-state index in [1.165, 1.54) is 0 Å². The van der Waals surface area contributed by atoms with Crippen molar-refractivity contribution in [1.29, 1.82) is 0 Å². The van der Waals surface area contributed by atoms with Gasteiger partial charge in [-0.2, -0.15) is 0 Å². The van der Waals surface area contributed by atoms with Crippen LogP contribution in [0, 0.1) is 0 Å². The first-order valence-corrected chi connectivity index (χ1v) is 5.47. The smallest absolute Gasteiger partial charge is 0.414 e. The number of rotatable bonds is 1. The van der Waals surface area contributed by atoms with E-state index >= 15 is 0 Å². The van der Waals surface area contributed by atoms with E-state index in [0.717, 1.165) is 10.9 Å². The lowest BCUT2D eigenvalue weighted by Crippen LogP contribution is -2.38. The van der Waals surface area contributed by atoms with Crippen LogP contribution >= 0.6 is 15.9 Å². The summed E-state index contributed by atoms with van der Waals surface area (Å²) in [6.07, 6.45) is 0.511. The van der Waals surface area contributed by atoms with Crippen molar-refractivity contribution in [1.82, 2.24) is 0 Å². The van der Waals surface area contributed by atoms with E-state index in [0.29, 0.717) is 24.5 Å². The molecule has 1 aromatic carbocycles. The van der Waals surface area contributed by atoms with Crippen molar-refractivity contribution in [3.05, 3.63) is 22.7 Å². The van der Waals surface area contributed by atoms with Gasteiger partial charge in [0.05, 0.1) is 18.0 Å². The van der Waals surface area contributed by atoms with Gasteiger partial charge in [-0.05, 0) is 24.6 Å². The van der Waals surface area contributed by atoms with Crippen molar-refractivity contribution in [3.8, 4) is 0 Å². The molecule has 1 aliphatic heterocycles. The van der Waals surface area contributed by atoms with Crippen LogP contribution in [-0.2, 0) is 4.74 Å².